The highest BCUT2D eigenvalue weighted by atomic mass is 32.2. The van der Waals surface area contributed by atoms with Crippen LogP contribution in [0.3, 0.4) is 0 Å². The number of nitrogens with one attached hydrogen (secondary N) is 1. The van der Waals surface area contributed by atoms with Crippen LogP contribution in [0.4, 0.5) is 5.69 Å². The van der Waals surface area contributed by atoms with E-state index in [1.807, 2.05) is 6.07 Å². The van der Waals surface area contributed by atoms with Crippen molar-refractivity contribution in [2.75, 3.05) is 11.6 Å². The molecule has 0 aromatic carbocycles. The van der Waals surface area contributed by atoms with Crippen LogP contribution >= 0.6 is 0 Å². The summed E-state index contributed by atoms with van der Waals surface area (Å²) in [5.41, 5.74) is 2.32. The summed E-state index contributed by atoms with van der Waals surface area (Å²) in [7, 11) is -3.53. The van der Waals surface area contributed by atoms with Crippen LogP contribution in [-0.4, -0.2) is 30.5 Å². The lowest BCUT2D eigenvalue weighted by molar-refractivity contribution is 0.102. The molecule has 0 spiro atoms. The molecule has 0 radical (unpaired) electrons. The Morgan fingerprint density at radius 1 is 1.22 bits per heavy atom. The lowest BCUT2D eigenvalue weighted by atomic mass is 10.2. The molecule has 0 bridgehead atoms. The Labute approximate surface area is 134 Å². The lowest BCUT2D eigenvalue weighted by Crippen LogP contribution is -2.16. The number of carbonyl (C=O) groups excluding carboxylic acids is 1. The Kier molecular flexibility index (Phi) is 3.89. The predicted octanol–water partition coefficient (Wildman–Crippen LogP) is 2.32. The van der Waals surface area contributed by atoms with E-state index in [-0.39, 0.29) is 10.7 Å². The summed E-state index contributed by atoms with van der Waals surface area (Å²) in [4.78, 5) is 20.5. The van der Waals surface area contributed by atoms with Gasteiger partial charge in [-0.3, -0.25) is 9.78 Å². The van der Waals surface area contributed by atoms with Crippen LogP contribution in [0.5, 0.6) is 0 Å². The van der Waals surface area contributed by atoms with Gasteiger partial charge in [0.1, 0.15) is 0 Å². The molecule has 2 heterocycles. The number of sulfone groups is 1. The molecular weight excluding hydrogens is 314 g/mol. The van der Waals surface area contributed by atoms with Gasteiger partial charge in [0, 0.05) is 30.3 Å². The molecular formula is C16H17N3O3S. The van der Waals surface area contributed by atoms with Crippen LogP contribution in [-0.2, 0) is 9.84 Å². The second kappa shape index (κ2) is 5.73. The van der Waals surface area contributed by atoms with Crippen molar-refractivity contribution in [3.05, 3.63) is 47.4 Å². The Hall–Kier alpha value is -2.28. The Morgan fingerprint density at radius 3 is 2.52 bits per heavy atom. The third-order valence-corrected chi connectivity index (χ3v) is 4.66. The Morgan fingerprint density at radius 2 is 1.96 bits per heavy atom. The highest BCUT2D eigenvalue weighted by Crippen LogP contribution is 2.38. The van der Waals surface area contributed by atoms with Gasteiger partial charge in [0.25, 0.3) is 5.91 Å². The molecule has 1 saturated carbocycles. The summed E-state index contributed by atoms with van der Waals surface area (Å²) in [6.45, 7) is 1.78. The van der Waals surface area contributed by atoms with Crippen molar-refractivity contribution in [2.45, 2.75) is 30.7 Å². The smallest absolute Gasteiger partial charge is 0.257 e. The molecule has 2 aromatic heterocycles. The van der Waals surface area contributed by atoms with Gasteiger partial charge < -0.3 is 5.32 Å². The SMILES string of the molecule is Cc1cnc(S(C)(=O)=O)c(NC(=O)c2ccc(C3CC3)nc2)c1. The molecule has 0 aliphatic heterocycles. The van der Waals surface area contributed by atoms with Crippen LogP contribution in [0.1, 0.15) is 40.4 Å². The van der Waals surface area contributed by atoms with Crippen molar-refractivity contribution in [3.63, 3.8) is 0 Å². The zero-order chi connectivity index (χ0) is 16.6. The molecule has 0 saturated heterocycles. The highest BCUT2D eigenvalue weighted by Gasteiger charge is 2.25. The number of hydrogen-bond donors (Lipinski definition) is 1. The quantitative estimate of drug-likeness (QED) is 0.928. The van der Waals surface area contributed by atoms with Gasteiger partial charge in [-0.15, -0.1) is 0 Å². The maximum atomic E-state index is 12.3. The van der Waals surface area contributed by atoms with E-state index >= 15 is 0 Å². The average Bonchev–Trinajstić information content (AvgIpc) is 3.31. The molecule has 3 rings (SSSR count). The summed E-state index contributed by atoms with van der Waals surface area (Å²) in [6, 6.07) is 5.14. The van der Waals surface area contributed by atoms with Crippen molar-refractivity contribution in [2.24, 2.45) is 0 Å². The fourth-order valence-electron chi connectivity index (χ4n) is 2.30. The van der Waals surface area contributed by atoms with Gasteiger partial charge in [-0.25, -0.2) is 13.4 Å². The molecule has 1 aliphatic carbocycles. The van der Waals surface area contributed by atoms with Crippen LogP contribution in [0.2, 0.25) is 0 Å². The van der Waals surface area contributed by atoms with Crippen molar-refractivity contribution in [3.8, 4) is 0 Å². The first kappa shape index (κ1) is 15.6. The van der Waals surface area contributed by atoms with Gasteiger partial charge in [-0.05, 0) is 43.5 Å². The largest absolute Gasteiger partial charge is 0.319 e. The average molecular weight is 331 g/mol. The third-order valence-electron chi connectivity index (χ3n) is 3.63. The number of aromatic nitrogens is 2. The fraction of sp³-hybridized carbons (Fsp3) is 0.312. The van der Waals surface area contributed by atoms with E-state index in [2.05, 4.69) is 15.3 Å². The summed E-state index contributed by atoms with van der Waals surface area (Å²) in [5.74, 6) is 0.113. The van der Waals surface area contributed by atoms with Gasteiger partial charge in [-0.1, -0.05) is 0 Å². The first-order valence-corrected chi connectivity index (χ1v) is 9.18. The van der Waals surface area contributed by atoms with E-state index in [0.717, 1.165) is 30.4 Å². The maximum absolute atomic E-state index is 12.3. The van der Waals surface area contributed by atoms with Crippen molar-refractivity contribution in [1.29, 1.82) is 0 Å². The fourth-order valence-corrected chi connectivity index (χ4v) is 3.05. The summed E-state index contributed by atoms with van der Waals surface area (Å²) in [5, 5.41) is 2.48. The van der Waals surface area contributed by atoms with Crippen LogP contribution in [0, 0.1) is 6.92 Å². The topological polar surface area (TPSA) is 89.0 Å². The number of aryl methyl sites for hydroxylation is 1. The first-order chi connectivity index (χ1) is 10.8. The molecule has 1 aliphatic rings. The molecule has 1 amide bonds. The third kappa shape index (κ3) is 3.56. The molecule has 0 atom stereocenters. The van der Waals surface area contributed by atoms with E-state index in [9.17, 15) is 13.2 Å². The number of amides is 1. The number of hydrogen-bond acceptors (Lipinski definition) is 5. The Bertz CT molecular complexity index is 857. The number of pyridine rings is 2. The van der Waals surface area contributed by atoms with Crippen LogP contribution in [0.25, 0.3) is 0 Å². The molecule has 1 N–H and O–H groups in total. The van der Waals surface area contributed by atoms with E-state index < -0.39 is 15.7 Å². The number of anilines is 1. The van der Waals surface area contributed by atoms with Crippen LogP contribution in [0.15, 0.2) is 35.6 Å². The molecule has 2 aromatic rings. The zero-order valence-corrected chi connectivity index (χ0v) is 13.7. The van der Waals surface area contributed by atoms with E-state index in [1.165, 1.54) is 12.4 Å². The minimum Gasteiger partial charge on any atom is -0.319 e. The normalized spacial score (nSPS) is 14.5. The van der Waals surface area contributed by atoms with Crippen molar-refractivity contribution >= 4 is 21.4 Å². The van der Waals surface area contributed by atoms with Gasteiger partial charge in [-0.2, -0.15) is 0 Å². The predicted molar refractivity (Wildman–Crippen MR) is 86.2 cm³/mol. The minimum absolute atomic E-state index is 0.140. The van der Waals surface area contributed by atoms with E-state index in [0.29, 0.717) is 11.5 Å². The van der Waals surface area contributed by atoms with Gasteiger partial charge in [0.05, 0.1) is 11.3 Å². The number of carbonyl (C=O) groups is 1. The number of nitrogens with zero attached hydrogens (tertiary/aromatic N) is 2. The molecule has 1 fully saturated rings. The van der Waals surface area contributed by atoms with Crippen LogP contribution < -0.4 is 5.32 Å². The molecule has 120 valence electrons. The van der Waals surface area contributed by atoms with Gasteiger partial charge in [0.2, 0.25) is 0 Å². The molecule has 23 heavy (non-hydrogen) atoms. The van der Waals surface area contributed by atoms with Gasteiger partial charge >= 0.3 is 0 Å². The summed E-state index contributed by atoms with van der Waals surface area (Å²) >= 11 is 0. The second-order valence-electron chi connectivity index (χ2n) is 5.84. The first-order valence-electron chi connectivity index (χ1n) is 7.28. The summed E-state index contributed by atoms with van der Waals surface area (Å²) in [6.07, 6.45) is 6.33. The zero-order valence-electron chi connectivity index (χ0n) is 12.9. The number of rotatable bonds is 4. The lowest BCUT2D eigenvalue weighted by Gasteiger charge is -2.10. The second-order valence-corrected chi connectivity index (χ2v) is 7.77. The standard InChI is InChI=1S/C16H17N3O3S/c1-10-7-14(16(18-8-10)23(2,21)22)19-15(20)12-5-6-13(17-9-12)11-3-4-11/h5-9,11H,3-4H2,1-2H3,(H,19,20). The Balaban J connectivity index is 1.86. The molecule has 0 unspecified atom stereocenters. The van der Waals surface area contributed by atoms with Crippen molar-refractivity contribution < 1.29 is 13.2 Å². The van der Waals surface area contributed by atoms with Crippen molar-refractivity contribution in [1.82, 2.24) is 9.97 Å². The van der Waals surface area contributed by atoms with E-state index in [1.54, 1.807) is 19.1 Å². The van der Waals surface area contributed by atoms with E-state index in [4.69, 9.17) is 0 Å². The highest BCUT2D eigenvalue weighted by molar-refractivity contribution is 7.90. The minimum atomic E-state index is -3.53. The summed E-state index contributed by atoms with van der Waals surface area (Å²) < 4.78 is 23.6. The molecule has 6 nitrogen and oxygen atoms in total. The van der Waals surface area contributed by atoms with Gasteiger partial charge in [0.15, 0.2) is 14.9 Å². The maximum Gasteiger partial charge on any atom is 0.257 e. The molecule has 7 heteroatoms. The monoisotopic (exact) mass is 331 g/mol.